The SMILES string of the molecule is O=C(O)CCC(Cc1ccccc1)NC(=O)NC1CCCC1. The van der Waals surface area contributed by atoms with E-state index in [2.05, 4.69) is 10.6 Å². The van der Waals surface area contributed by atoms with Gasteiger partial charge in [-0.2, -0.15) is 0 Å². The predicted molar refractivity (Wildman–Crippen MR) is 84.7 cm³/mol. The maximum Gasteiger partial charge on any atom is 0.315 e. The zero-order valence-corrected chi connectivity index (χ0v) is 12.8. The lowest BCUT2D eigenvalue weighted by molar-refractivity contribution is -0.137. The maximum atomic E-state index is 12.1. The van der Waals surface area contributed by atoms with E-state index in [4.69, 9.17) is 5.11 Å². The summed E-state index contributed by atoms with van der Waals surface area (Å²) in [4.78, 5) is 22.9. The Morgan fingerprint density at radius 2 is 1.86 bits per heavy atom. The average Bonchev–Trinajstić information content (AvgIpc) is 2.98. The first-order valence-corrected chi connectivity index (χ1v) is 7.96. The van der Waals surface area contributed by atoms with Crippen molar-refractivity contribution in [2.45, 2.75) is 57.0 Å². The van der Waals surface area contributed by atoms with Crippen LogP contribution in [0.5, 0.6) is 0 Å². The van der Waals surface area contributed by atoms with Crippen LogP contribution in [0.15, 0.2) is 30.3 Å². The van der Waals surface area contributed by atoms with Gasteiger partial charge in [0.25, 0.3) is 0 Å². The van der Waals surface area contributed by atoms with Crippen LogP contribution in [0, 0.1) is 0 Å². The van der Waals surface area contributed by atoms with E-state index >= 15 is 0 Å². The molecular formula is C17H24N2O3. The van der Waals surface area contributed by atoms with Gasteiger partial charge in [-0.25, -0.2) is 4.79 Å². The number of carbonyl (C=O) groups excluding carboxylic acids is 1. The van der Waals surface area contributed by atoms with E-state index < -0.39 is 5.97 Å². The molecule has 1 aliphatic carbocycles. The molecule has 1 aromatic rings. The summed E-state index contributed by atoms with van der Waals surface area (Å²) in [6.07, 6.45) is 5.53. The maximum absolute atomic E-state index is 12.1. The van der Waals surface area contributed by atoms with Crippen molar-refractivity contribution in [2.24, 2.45) is 0 Å². The molecule has 1 aromatic carbocycles. The van der Waals surface area contributed by atoms with Crippen molar-refractivity contribution in [3.8, 4) is 0 Å². The summed E-state index contributed by atoms with van der Waals surface area (Å²) in [5.41, 5.74) is 1.10. The molecule has 0 saturated heterocycles. The molecule has 2 amide bonds. The first-order chi connectivity index (χ1) is 10.6. The lowest BCUT2D eigenvalue weighted by atomic mass is 10.0. The monoisotopic (exact) mass is 304 g/mol. The van der Waals surface area contributed by atoms with Gasteiger partial charge in [-0.3, -0.25) is 4.79 Å². The molecule has 3 N–H and O–H groups in total. The van der Waals surface area contributed by atoms with Gasteiger partial charge >= 0.3 is 12.0 Å². The minimum absolute atomic E-state index is 0.0568. The number of hydrogen-bond acceptors (Lipinski definition) is 2. The molecule has 1 atom stereocenters. The van der Waals surface area contributed by atoms with E-state index in [0.717, 1.165) is 31.2 Å². The van der Waals surface area contributed by atoms with E-state index in [1.165, 1.54) is 0 Å². The molecule has 0 aromatic heterocycles. The van der Waals surface area contributed by atoms with Gasteiger partial charge in [-0.1, -0.05) is 43.2 Å². The highest BCUT2D eigenvalue weighted by Crippen LogP contribution is 2.17. The zero-order chi connectivity index (χ0) is 15.8. The molecule has 5 nitrogen and oxygen atoms in total. The van der Waals surface area contributed by atoms with E-state index in [1.54, 1.807) is 0 Å². The molecule has 0 aliphatic heterocycles. The molecule has 0 bridgehead atoms. The summed E-state index contributed by atoms with van der Waals surface area (Å²) in [6, 6.07) is 9.73. The van der Waals surface area contributed by atoms with Crippen LogP contribution in [-0.4, -0.2) is 29.2 Å². The van der Waals surface area contributed by atoms with E-state index in [9.17, 15) is 9.59 Å². The third-order valence-corrected chi connectivity index (χ3v) is 4.06. The summed E-state index contributed by atoms with van der Waals surface area (Å²) in [5, 5.41) is 14.8. The second-order valence-electron chi connectivity index (χ2n) is 5.92. The quantitative estimate of drug-likeness (QED) is 0.724. The van der Waals surface area contributed by atoms with Gasteiger partial charge in [0.1, 0.15) is 0 Å². The number of rotatable bonds is 7. The Morgan fingerprint density at radius 1 is 1.18 bits per heavy atom. The van der Waals surface area contributed by atoms with Gasteiger partial charge in [0, 0.05) is 18.5 Å². The molecule has 2 rings (SSSR count). The van der Waals surface area contributed by atoms with Crippen LogP contribution < -0.4 is 10.6 Å². The van der Waals surface area contributed by atoms with Crippen LogP contribution in [0.2, 0.25) is 0 Å². The molecule has 0 spiro atoms. The van der Waals surface area contributed by atoms with Crippen molar-refractivity contribution in [2.75, 3.05) is 0 Å². The van der Waals surface area contributed by atoms with E-state index in [1.807, 2.05) is 30.3 Å². The largest absolute Gasteiger partial charge is 0.481 e. The van der Waals surface area contributed by atoms with E-state index in [0.29, 0.717) is 12.8 Å². The summed E-state index contributed by atoms with van der Waals surface area (Å²) in [7, 11) is 0. The van der Waals surface area contributed by atoms with Crippen LogP contribution in [0.25, 0.3) is 0 Å². The first kappa shape index (κ1) is 16.3. The van der Waals surface area contributed by atoms with Gasteiger partial charge in [-0.15, -0.1) is 0 Å². The van der Waals surface area contributed by atoms with Gasteiger partial charge < -0.3 is 15.7 Å². The Hall–Kier alpha value is -2.04. The van der Waals surface area contributed by atoms with Crippen molar-refractivity contribution in [1.82, 2.24) is 10.6 Å². The summed E-state index contributed by atoms with van der Waals surface area (Å²) in [6.45, 7) is 0. The standard InChI is InChI=1S/C17H24N2O3/c20-16(21)11-10-15(12-13-6-2-1-3-7-13)19-17(22)18-14-8-4-5-9-14/h1-3,6-7,14-15H,4-5,8-12H2,(H,20,21)(H2,18,19,22). The number of carbonyl (C=O) groups is 2. The second-order valence-corrected chi connectivity index (χ2v) is 5.92. The van der Waals surface area contributed by atoms with Crippen molar-refractivity contribution < 1.29 is 14.7 Å². The van der Waals surface area contributed by atoms with Crippen LogP contribution >= 0.6 is 0 Å². The number of nitrogens with one attached hydrogen (secondary N) is 2. The van der Waals surface area contributed by atoms with Crippen molar-refractivity contribution >= 4 is 12.0 Å². The third-order valence-electron chi connectivity index (χ3n) is 4.06. The van der Waals surface area contributed by atoms with Crippen LogP contribution in [0.4, 0.5) is 4.79 Å². The Balaban J connectivity index is 1.88. The molecule has 1 unspecified atom stereocenters. The van der Waals surface area contributed by atoms with Crippen molar-refractivity contribution in [3.63, 3.8) is 0 Å². The number of carboxylic acid groups (broad SMARTS) is 1. The zero-order valence-electron chi connectivity index (χ0n) is 12.8. The Bertz CT molecular complexity index is 484. The Kier molecular flexibility index (Phi) is 6.25. The highest BCUT2D eigenvalue weighted by molar-refractivity contribution is 5.74. The number of hydrogen-bond donors (Lipinski definition) is 3. The molecule has 1 fully saturated rings. The number of urea groups is 1. The third kappa shape index (κ3) is 5.76. The van der Waals surface area contributed by atoms with Gasteiger partial charge in [0.05, 0.1) is 0 Å². The van der Waals surface area contributed by atoms with Gasteiger partial charge in [0.15, 0.2) is 0 Å². The lowest BCUT2D eigenvalue weighted by Crippen LogP contribution is -2.46. The van der Waals surface area contributed by atoms with Crippen molar-refractivity contribution in [1.29, 1.82) is 0 Å². The summed E-state index contributed by atoms with van der Waals surface area (Å²) < 4.78 is 0. The molecule has 0 radical (unpaired) electrons. The predicted octanol–water partition coefficient (Wildman–Crippen LogP) is 2.70. The van der Waals surface area contributed by atoms with Crippen molar-refractivity contribution in [3.05, 3.63) is 35.9 Å². The Labute approximate surface area is 131 Å². The molecule has 22 heavy (non-hydrogen) atoms. The summed E-state index contributed by atoms with van der Waals surface area (Å²) >= 11 is 0. The topological polar surface area (TPSA) is 78.4 Å². The van der Waals surface area contributed by atoms with Gasteiger partial charge in [0.2, 0.25) is 0 Å². The van der Waals surface area contributed by atoms with Gasteiger partial charge in [-0.05, 0) is 31.2 Å². The lowest BCUT2D eigenvalue weighted by Gasteiger charge is -2.20. The number of carboxylic acids is 1. The van der Waals surface area contributed by atoms with E-state index in [-0.39, 0.29) is 24.5 Å². The number of benzene rings is 1. The molecule has 1 saturated carbocycles. The number of aliphatic carboxylic acids is 1. The normalized spacial score (nSPS) is 16.2. The van der Waals surface area contributed by atoms with Crippen LogP contribution in [0.1, 0.15) is 44.1 Å². The fraction of sp³-hybridized carbons (Fsp3) is 0.529. The van der Waals surface area contributed by atoms with Crippen LogP contribution in [0.3, 0.4) is 0 Å². The summed E-state index contributed by atoms with van der Waals surface area (Å²) in [5.74, 6) is -0.837. The fourth-order valence-electron chi connectivity index (χ4n) is 2.90. The minimum atomic E-state index is -0.837. The minimum Gasteiger partial charge on any atom is -0.481 e. The smallest absolute Gasteiger partial charge is 0.315 e. The highest BCUT2D eigenvalue weighted by atomic mass is 16.4. The average molecular weight is 304 g/mol. The highest BCUT2D eigenvalue weighted by Gasteiger charge is 2.19. The fourth-order valence-corrected chi connectivity index (χ4v) is 2.90. The van der Waals surface area contributed by atoms with Crippen LogP contribution in [-0.2, 0) is 11.2 Å². The molecule has 1 aliphatic rings. The molecule has 0 heterocycles. The second kappa shape index (κ2) is 8.41. The molecule has 120 valence electrons. The molecule has 5 heteroatoms. The Morgan fingerprint density at radius 3 is 2.50 bits per heavy atom. The number of amides is 2. The molecular weight excluding hydrogens is 280 g/mol. The first-order valence-electron chi connectivity index (χ1n) is 7.96.